The third kappa shape index (κ3) is 7.95. The lowest BCUT2D eigenvalue weighted by molar-refractivity contribution is -0.141. The standard InChI is InChI=1S/C38H41BN2O8/c42-32-15-7-6-11-26(32)21-25(31-14-8-9-19-40-31)17-18-33-35-27(24-48-28-12-3-1-4-13-28)22-29-36(30(35)23-39(47)49-33)38(46)41(37(29)45)20-10-2-5-16-34(43)44/h1,3-4,6-9,11-15,19,21,29-30,33,36,42,47H,2,5,10,16-18,20,22-24H2,(H,43,44)/b25-21-/t29-,30+,33-,36-/m1/s1. The molecule has 6 rings (SSSR count). The molecule has 1 aliphatic carbocycles. The van der Waals surface area contributed by atoms with Gasteiger partial charge in [-0.3, -0.25) is 24.3 Å². The van der Waals surface area contributed by atoms with Gasteiger partial charge < -0.3 is 24.6 Å². The van der Waals surface area contributed by atoms with E-state index in [1.807, 2.05) is 66.7 Å². The van der Waals surface area contributed by atoms with E-state index in [2.05, 4.69) is 4.98 Å². The quantitative estimate of drug-likeness (QED) is 0.0864. The van der Waals surface area contributed by atoms with Crippen molar-refractivity contribution in [2.24, 2.45) is 17.8 Å². The smallest absolute Gasteiger partial charge is 0.455 e. The number of carboxylic acid groups (broad SMARTS) is 1. The van der Waals surface area contributed by atoms with Crippen LogP contribution in [-0.4, -0.2) is 69.3 Å². The maximum absolute atomic E-state index is 14.0. The summed E-state index contributed by atoms with van der Waals surface area (Å²) in [7, 11) is -1.12. The Morgan fingerprint density at radius 2 is 1.73 bits per heavy atom. The van der Waals surface area contributed by atoms with Gasteiger partial charge in [0.05, 0.1) is 23.6 Å². The largest absolute Gasteiger partial charge is 0.507 e. The molecule has 11 heteroatoms. The Bertz CT molecular complexity index is 1710. The number of carbonyl (C=O) groups is 3. The Morgan fingerprint density at radius 3 is 2.49 bits per heavy atom. The topological polar surface area (TPSA) is 146 Å². The van der Waals surface area contributed by atoms with Gasteiger partial charge in [0, 0.05) is 24.7 Å². The number of carbonyl (C=O) groups excluding carboxylic acids is 2. The van der Waals surface area contributed by atoms with Crippen LogP contribution in [0.3, 0.4) is 0 Å². The molecule has 0 spiro atoms. The molecule has 2 saturated heterocycles. The van der Waals surface area contributed by atoms with Gasteiger partial charge in [-0.25, -0.2) is 0 Å². The summed E-state index contributed by atoms with van der Waals surface area (Å²) in [5.74, 6) is -2.07. The van der Waals surface area contributed by atoms with Crippen molar-refractivity contribution in [1.82, 2.24) is 9.88 Å². The molecular formula is C38H41BN2O8. The Kier molecular flexibility index (Phi) is 10.9. The highest BCUT2D eigenvalue weighted by Gasteiger charge is 2.57. The molecule has 254 valence electrons. The number of likely N-dealkylation sites (tertiary alicyclic amines) is 1. The molecule has 3 N–H and O–H groups in total. The van der Waals surface area contributed by atoms with Crippen LogP contribution in [0.15, 0.2) is 90.1 Å². The van der Waals surface area contributed by atoms with Crippen LogP contribution >= 0.6 is 0 Å². The number of phenolic OH excluding ortho intramolecular Hbond substituents is 1. The van der Waals surface area contributed by atoms with E-state index in [4.69, 9.17) is 14.5 Å². The molecule has 0 saturated carbocycles. The number of amides is 2. The van der Waals surface area contributed by atoms with Crippen molar-refractivity contribution in [3.63, 3.8) is 0 Å². The Hall–Kier alpha value is -4.74. The number of benzene rings is 2. The predicted molar refractivity (Wildman–Crippen MR) is 184 cm³/mol. The summed E-state index contributed by atoms with van der Waals surface area (Å²) in [6.07, 6.45) is 6.24. The van der Waals surface area contributed by atoms with E-state index in [1.54, 1.807) is 18.3 Å². The molecule has 2 fully saturated rings. The Balaban J connectivity index is 1.29. The average molecular weight is 665 g/mol. The number of nitrogens with zero attached hydrogens (tertiary/aromatic N) is 2. The number of pyridine rings is 1. The molecule has 1 aromatic heterocycles. The Morgan fingerprint density at radius 1 is 0.959 bits per heavy atom. The number of aromatic nitrogens is 1. The summed E-state index contributed by atoms with van der Waals surface area (Å²) < 4.78 is 12.5. The highest BCUT2D eigenvalue weighted by Crippen LogP contribution is 2.51. The van der Waals surface area contributed by atoms with Gasteiger partial charge in [-0.15, -0.1) is 0 Å². The predicted octanol–water partition coefficient (Wildman–Crippen LogP) is 5.63. The summed E-state index contributed by atoms with van der Waals surface area (Å²) in [6, 6.07) is 22.2. The first-order valence-corrected chi connectivity index (χ1v) is 17.0. The van der Waals surface area contributed by atoms with Crippen molar-refractivity contribution in [3.8, 4) is 11.5 Å². The molecule has 0 radical (unpaired) electrons. The maximum atomic E-state index is 14.0. The number of unbranched alkanes of at least 4 members (excludes halogenated alkanes) is 2. The zero-order valence-corrected chi connectivity index (χ0v) is 27.3. The fourth-order valence-electron chi connectivity index (χ4n) is 7.50. The van der Waals surface area contributed by atoms with Gasteiger partial charge in [-0.2, -0.15) is 0 Å². The molecule has 3 heterocycles. The molecule has 3 aromatic rings. The first kappa shape index (κ1) is 34.1. The minimum absolute atomic E-state index is 0.0519. The van der Waals surface area contributed by atoms with Crippen LogP contribution in [0.5, 0.6) is 11.5 Å². The van der Waals surface area contributed by atoms with Gasteiger partial charge in [0.1, 0.15) is 18.1 Å². The van der Waals surface area contributed by atoms with Gasteiger partial charge in [0.25, 0.3) is 0 Å². The van der Waals surface area contributed by atoms with E-state index >= 15 is 0 Å². The lowest BCUT2D eigenvalue weighted by atomic mass is 9.58. The number of phenols is 1. The van der Waals surface area contributed by atoms with Gasteiger partial charge in [0.2, 0.25) is 11.8 Å². The highest BCUT2D eigenvalue weighted by molar-refractivity contribution is 6.43. The number of para-hydroxylation sites is 2. The van der Waals surface area contributed by atoms with Crippen LogP contribution in [0.2, 0.25) is 6.32 Å². The fourth-order valence-corrected chi connectivity index (χ4v) is 7.50. The van der Waals surface area contributed by atoms with Crippen LogP contribution < -0.4 is 4.74 Å². The SMILES string of the molecule is O=C(O)CCCCCN1C(=O)[C@@H]2[C@@H](CC(COc3ccccc3)=C3[C@@H](CC/C(=C/c4ccccc4O)c4ccccn4)OB(O)C[C@@H]32)C1=O. The zero-order chi connectivity index (χ0) is 34.3. The van der Waals surface area contributed by atoms with E-state index in [1.165, 1.54) is 4.90 Å². The molecule has 0 unspecified atom stereocenters. The molecule has 2 amide bonds. The highest BCUT2D eigenvalue weighted by atomic mass is 16.5. The monoisotopic (exact) mass is 664 g/mol. The van der Waals surface area contributed by atoms with Crippen molar-refractivity contribution >= 4 is 36.6 Å². The summed E-state index contributed by atoms with van der Waals surface area (Å²) >= 11 is 0. The number of allylic oxidation sites excluding steroid dienone is 1. The molecule has 0 bridgehead atoms. The lowest BCUT2D eigenvalue weighted by Crippen LogP contribution is -2.46. The van der Waals surface area contributed by atoms with Crippen LogP contribution in [0.1, 0.15) is 56.2 Å². The van der Waals surface area contributed by atoms with Crippen LogP contribution in [-0.2, 0) is 19.0 Å². The van der Waals surface area contributed by atoms with Crippen molar-refractivity contribution < 1.29 is 39.0 Å². The van der Waals surface area contributed by atoms with Gasteiger partial charge in [-0.05, 0) is 97.5 Å². The van der Waals surface area contributed by atoms with Gasteiger partial charge >= 0.3 is 13.1 Å². The molecule has 10 nitrogen and oxygen atoms in total. The van der Waals surface area contributed by atoms with Gasteiger partial charge in [-0.1, -0.05) is 48.9 Å². The van der Waals surface area contributed by atoms with Crippen molar-refractivity contribution in [3.05, 3.63) is 101 Å². The average Bonchev–Trinajstić information content (AvgIpc) is 3.34. The first-order chi connectivity index (χ1) is 23.8. The second-order valence-corrected chi connectivity index (χ2v) is 12.9. The number of carboxylic acids is 1. The number of rotatable bonds is 14. The van der Waals surface area contributed by atoms with E-state index in [0.717, 1.165) is 22.4 Å². The van der Waals surface area contributed by atoms with Crippen molar-refractivity contribution in [2.45, 2.75) is 57.4 Å². The van der Waals surface area contributed by atoms with Gasteiger partial charge in [0.15, 0.2) is 0 Å². The maximum Gasteiger partial charge on any atom is 0.455 e. The summed E-state index contributed by atoms with van der Waals surface area (Å²) in [5.41, 5.74) is 4.09. The second-order valence-electron chi connectivity index (χ2n) is 12.9. The number of fused-ring (bicyclic) bond motifs is 3. The van der Waals surface area contributed by atoms with Crippen LogP contribution in [0.4, 0.5) is 0 Å². The number of aliphatic carboxylic acids is 1. The molecule has 4 atom stereocenters. The minimum atomic E-state index is -1.12. The summed E-state index contributed by atoms with van der Waals surface area (Å²) in [4.78, 5) is 44.6. The first-order valence-electron chi connectivity index (χ1n) is 17.0. The zero-order valence-electron chi connectivity index (χ0n) is 27.3. The van der Waals surface area contributed by atoms with Crippen LogP contribution in [0, 0.1) is 17.8 Å². The number of imide groups is 1. The molecular weight excluding hydrogens is 623 g/mol. The molecule has 2 aromatic carbocycles. The third-order valence-corrected chi connectivity index (χ3v) is 9.76. The van der Waals surface area contributed by atoms with Crippen molar-refractivity contribution in [1.29, 1.82) is 0 Å². The molecule has 3 aliphatic rings. The van der Waals surface area contributed by atoms with Crippen molar-refractivity contribution in [2.75, 3.05) is 13.2 Å². The molecule has 49 heavy (non-hydrogen) atoms. The summed E-state index contributed by atoms with van der Waals surface area (Å²) in [5, 5.41) is 30.5. The number of hydrogen-bond acceptors (Lipinski definition) is 8. The summed E-state index contributed by atoms with van der Waals surface area (Å²) in [6.45, 7) is 0.460. The minimum Gasteiger partial charge on any atom is -0.507 e. The van der Waals surface area contributed by atoms with Crippen LogP contribution in [0.25, 0.3) is 11.6 Å². The van der Waals surface area contributed by atoms with E-state index in [-0.39, 0.29) is 43.5 Å². The van der Waals surface area contributed by atoms with E-state index in [0.29, 0.717) is 49.8 Å². The fraction of sp³-hybridized carbons (Fsp3) is 0.368. The number of hydrogen-bond donors (Lipinski definition) is 3. The number of ether oxygens (including phenoxy) is 1. The normalized spacial score (nSPS) is 22.3. The lowest BCUT2D eigenvalue weighted by Gasteiger charge is -2.43. The molecule has 2 aliphatic heterocycles. The van der Waals surface area contributed by atoms with E-state index in [9.17, 15) is 24.5 Å². The van der Waals surface area contributed by atoms with E-state index < -0.39 is 36.9 Å². The second kappa shape index (κ2) is 15.7. The Labute approximate surface area is 286 Å². The number of aromatic hydroxyl groups is 1. The third-order valence-electron chi connectivity index (χ3n) is 9.76.